The third kappa shape index (κ3) is 4.89. The minimum Gasteiger partial charge on any atom is -0.370 e. The minimum absolute atomic E-state index is 0.00115. The molecule has 0 fully saturated rings. The van der Waals surface area contributed by atoms with Crippen LogP contribution in [-0.2, 0) is 17.1 Å². The van der Waals surface area contributed by atoms with E-state index < -0.39 is 10.0 Å². The van der Waals surface area contributed by atoms with E-state index in [9.17, 15) is 8.42 Å². The molecule has 0 aliphatic carbocycles. The highest BCUT2D eigenvalue weighted by Gasteiger charge is 2.15. The van der Waals surface area contributed by atoms with Gasteiger partial charge in [0.05, 0.1) is 6.33 Å². The van der Waals surface area contributed by atoms with Gasteiger partial charge in [0.2, 0.25) is 5.95 Å². The fourth-order valence-corrected chi connectivity index (χ4v) is 2.89. The second kappa shape index (κ2) is 7.38. The second-order valence-electron chi connectivity index (χ2n) is 4.95. The number of hydrogen-bond donors (Lipinski definition) is 3. The zero-order valence-electron chi connectivity index (χ0n) is 13.4. The second-order valence-corrected chi connectivity index (χ2v) is 6.66. The molecule has 0 bridgehead atoms. The van der Waals surface area contributed by atoms with E-state index in [2.05, 4.69) is 30.3 Å². The van der Waals surface area contributed by atoms with Gasteiger partial charge in [0, 0.05) is 44.6 Å². The first-order chi connectivity index (χ1) is 10.9. The number of hydrogen-bond acceptors (Lipinski definition) is 7. The molecule has 10 heteroatoms. The summed E-state index contributed by atoms with van der Waals surface area (Å²) in [6, 6.07) is 1.85. The lowest BCUT2D eigenvalue weighted by molar-refractivity contribution is 0.579. The number of anilines is 2. The van der Waals surface area contributed by atoms with E-state index in [0.717, 1.165) is 18.1 Å². The highest BCUT2D eigenvalue weighted by Crippen LogP contribution is 2.09. The Hall–Kier alpha value is -2.20. The van der Waals surface area contributed by atoms with Crippen molar-refractivity contribution in [3.05, 3.63) is 24.3 Å². The zero-order chi connectivity index (χ0) is 16.9. The zero-order valence-corrected chi connectivity index (χ0v) is 14.2. The number of sulfonamides is 1. The van der Waals surface area contributed by atoms with Crippen molar-refractivity contribution in [3.8, 4) is 0 Å². The standard InChI is InChI=1S/C13H21N7O2S/c1-4-14-11-7-10(2)18-13(19-11)15-5-6-17-23(21,22)12-8-20(3)9-16-12/h7-9,17H,4-6H2,1-3H3,(H2,14,15,18,19). The van der Waals surface area contributed by atoms with E-state index in [-0.39, 0.29) is 11.6 Å². The maximum Gasteiger partial charge on any atom is 0.259 e. The Morgan fingerprint density at radius 1 is 1.22 bits per heavy atom. The Bertz CT molecular complexity index is 757. The van der Waals surface area contributed by atoms with E-state index >= 15 is 0 Å². The van der Waals surface area contributed by atoms with Crippen LogP contribution in [0.1, 0.15) is 12.6 Å². The highest BCUT2D eigenvalue weighted by atomic mass is 32.2. The average Bonchev–Trinajstić information content (AvgIpc) is 2.91. The van der Waals surface area contributed by atoms with E-state index in [0.29, 0.717) is 12.5 Å². The number of nitrogens with one attached hydrogen (secondary N) is 3. The maximum atomic E-state index is 12.0. The summed E-state index contributed by atoms with van der Waals surface area (Å²) in [5.74, 6) is 1.19. The number of aryl methyl sites for hydroxylation is 2. The smallest absolute Gasteiger partial charge is 0.259 e. The van der Waals surface area contributed by atoms with Crippen LogP contribution in [0.3, 0.4) is 0 Å². The molecule has 0 saturated carbocycles. The molecule has 0 unspecified atom stereocenters. The average molecular weight is 339 g/mol. The SMILES string of the molecule is CCNc1cc(C)nc(NCCNS(=O)(=O)c2cn(C)cn2)n1. The van der Waals surface area contributed by atoms with Crippen LogP contribution in [0.4, 0.5) is 11.8 Å². The van der Waals surface area contributed by atoms with Crippen molar-refractivity contribution in [1.82, 2.24) is 24.2 Å². The molecule has 0 aliphatic rings. The minimum atomic E-state index is -3.59. The fourth-order valence-electron chi connectivity index (χ4n) is 1.88. The largest absolute Gasteiger partial charge is 0.370 e. The third-order valence-electron chi connectivity index (χ3n) is 2.87. The summed E-state index contributed by atoms with van der Waals surface area (Å²) in [6.07, 6.45) is 2.89. The van der Waals surface area contributed by atoms with Crippen molar-refractivity contribution in [3.63, 3.8) is 0 Å². The summed E-state index contributed by atoms with van der Waals surface area (Å²) in [5, 5.41) is 6.11. The van der Waals surface area contributed by atoms with Crippen LogP contribution in [0.2, 0.25) is 0 Å². The third-order valence-corrected chi connectivity index (χ3v) is 4.21. The van der Waals surface area contributed by atoms with Crippen LogP contribution in [0.15, 0.2) is 23.6 Å². The molecular weight excluding hydrogens is 318 g/mol. The Morgan fingerprint density at radius 2 is 2.00 bits per heavy atom. The molecule has 0 saturated heterocycles. The first-order valence-corrected chi connectivity index (χ1v) is 8.70. The molecule has 126 valence electrons. The number of nitrogens with zero attached hydrogens (tertiary/aromatic N) is 4. The van der Waals surface area contributed by atoms with Crippen molar-refractivity contribution in [2.24, 2.45) is 7.05 Å². The number of rotatable bonds is 8. The molecule has 2 rings (SSSR count). The molecule has 0 amide bonds. The Balaban J connectivity index is 1.88. The lowest BCUT2D eigenvalue weighted by atomic mass is 10.4. The molecule has 2 aromatic rings. The van der Waals surface area contributed by atoms with E-state index in [1.165, 1.54) is 12.5 Å². The Kier molecular flexibility index (Phi) is 5.50. The lowest BCUT2D eigenvalue weighted by Crippen LogP contribution is -2.29. The molecule has 0 aromatic carbocycles. The van der Waals surface area contributed by atoms with Gasteiger partial charge in [-0.2, -0.15) is 4.98 Å². The summed E-state index contributed by atoms with van der Waals surface area (Å²) < 4.78 is 28.0. The van der Waals surface area contributed by atoms with E-state index in [4.69, 9.17) is 0 Å². The molecule has 9 nitrogen and oxygen atoms in total. The maximum absolute atomic E-state index is 12.0. The molecule has 3 N–H and O–H groups in total. The molecule has 0 spiro atoms. The van der Waals surface area contributed by atoms with Crippen molar-refractivity contribution < 1.29 is 8.42 Å². The van der Waals surface area contributed by atoms with Gasteiger partial charge in [0.25, 0.3) is 10.0 Å². The van der Waals surface area contributed by atoms with Gasteiger partial charge in [-0.25, -0.2) is 23.1 Å². The monoisotopic (exact) mass is 339 g/mol. The van der Waals surface area contributed by atoms with Crippen molar-refractivity contribution in [2.45, 2.75) is 18.9 Å². The summed E-state index contributed by atoms with van der Waals surface area (Å²) in [6.45, 7) is 5.18. The van der Waals surface area contributed by atoms with E-state index in [1.807, 2.05) is 19.9 Å². The Morgan fingerprint density at radius 3 is 2.65 bits per heavy atom. The summed E-state index contributed by atoms with van der Waals surface area (Å²) in [7, 11) is -1.88. The lowest BCUT2D eigenvalue weighted by Gasteiger charge is -2.09. The van der Waals surface area contributed by atoms with Crippen molar-refractivity contribution in [1.29, 1.82) is 0 Å². The molecule has 2 heterocycles. The van der Waals surface area contributed by atoms with Crippen LogP contribution < -0.4 is 15.4 Å². The quantitative estimate of drug-likeness (QED) is 0.594. The summed E-state index contributed by atoms with van der Waals surface area (Å²) >= 11 is 0. The van der Waals surface area contributed by atoms with Crippen molar-refractivity contribution in [2.75, 3.05) is 30.3 Å². The topological polar surface area (TPSA) is 114 Å². The molecule has 0 aliphatic heterocycles. The van der Waals surface area contributed by atoms with Crippen LogP contribution in [0.5, 0.6) is 0 Å². The van der Waals surface area contributed by atoms with Crippen LogP contribution >= 0.6 is 0 Å². The number of imidazole rings is 1. The van der Waals surface area contributed by atoms with Crippen LogP contribution in [0.25, 0.3) is 0 Å². The van der Waals surface area contributed by atoms with Gasteiger partial charge in [-0.1, -0.05) is 0 Å². The number of aromatic nitrogens is 4. The normalized spacial score (nSPS) is 11.4. The molecule has 23 heavy (non-hydrogen) atoms. The first kappa shape index (κ1) is 17.2. The molecule has 0 atom stereocenters. The summed E-state index contributed by atoms with van der Waals surface area (Å²) in [5.41, 5.74) is 0.826. The summed E-state index contributed by atoms with van der Waals surface area (Å²) in [4.78, 5) is 12.4. The van der Waals surface area contributed by atoms with Gasteiger partial charge >= 0.3 is 0 Å². The predicted molar refractivity (Wildman–Crippen MR) is 87.8 cm³/mol. The van der Waals surface area contributed by atoms with Gasteiger partial charge in [-0.05, 0) is 13.8 Å². The van der Waals surface area contributed by atoms with Gasteiger partial charge in [0.1, 0.15) is 5.82 Å². The molecule has 2 aromatic heterocycles. The Labute approximate surface area is 135 Å². The van der Waals surface area contributed by atoms with E-state index in [1.54, 1.807) is 11.6 Å². The molecule has 0 radical (unpaired) electrons. The van der Waals surface area contributed by atoms with Gasteiger partial charge in [0.15, 0.2) is 5.03 Å². The van der Waals surface area contributed by atoms with Gasteiger partial charge < -0.3 is 15.2 Å². The van der Waals surface area contributed by atoms with Crippen LogP contribution in [-0.4, -0.2) is 47.6 Å². The predicted octanol–water partition coefficient (Wildman–Crippen LogP) is 0.341. The first-order valence-electron chi connectivity index (χ1n) is 7.22. The van der Waals surface area contributed by atoms with Gasteiger partial charge in [-0.15, -0.1) is 0 Å². The highest BCUT2D eigenvalue weighted by molar-refractivity contribution is 7.89. The van der Waals surface area contributed by atoms with Crippen LogP contribution in [0, 0.1) is 6.92 Å². The van der Waals surface area contributed by atoms with Crippen molar-refractivity contribution >= 4 is 21.8 Å². The van der Waals surface area contributed by atoms with Gasteiger partial charge in [-0.3, -0.25) is 0 Å². The molecular formula is C13H21N7O2S. The fraction of sp³-hybridized carbons (Fsp3) is 0.462.